The van der Waals surface area contributed by atoms with Crippen molar-refractivity contribution in [2.24, 2.45) is 5.92 Å². The molecule has 2 unspecified atom stereocenters. The van der Waals surface area contributed by atoms with Crippen LogP contribution in [0.25, 0.3) is 0 Å². The normalized spacial score (nSPS) is 21.7. The van der Waals surface area contributed by atoms with E-state index in [1.165, 1.54) is 5.56 Å². The van der Waals surface area contributed by atoms with Crippen molar-refractivity contribution in [2.45, 2.75) is 25.8 Å². The van der Waals surface area contributed by atoms with E-state index < -0.39 is 0 Å². The summed E-state index contributed by atoms with van der Waals surface area (Å²) in [5.74, 6) is 2.11. The van der Waals surface area contributed by atoms with Gasteiger partial charge in [-0.25, -0.2) is 4.68 Å². The third-order valence-electron chi connectivity index (χ3n) is 3.77. The van der Waals surface area contributed by atoms with E-state index in [0.717, 1.165) is 18.8 Å². The first-order chi connectivity index (χ1) is 9.17. The fraction of sp³-hybridized carbons (Fsp3) is 0.357. The number of benzene rings is 1. The number of nitrogens with zero attached hydrogens (tertiary/aromatic N) is 4. The van der Waals surface area contributed by atoms with Crippen molar-refractivity contribution in [3.63, 3.8) is 0 Å². The zero-order chi connectivity index (χ0) is 13.4. The largest absolute Gasteiger partial charge is 0.366 e. The van der Waals surface area contributed by atoms with Gasteiger partial charge in [0.15, 0.2) is 0 Å². The highest BCUT2D eigenvalue weighted by Crippen LogP contribution is 2.33. The van der Waals surface area contributed by atoms with Crippen LogP contribution in [0.4, 0.5) is 5.95 Å². The summed E-state index contributed by atoms with van der Waals surface area (Å²) < 4.78 is 1.89. The molecule has 0 radical (unpaired) electrons. The molecule has 19 heavy (non-hydrogen) atoms. The summed E-state index contributed by atoms with van der Waals surface area (Å²) in [4.78, 5) is 4.24. The van der Waals surface area contributed by atoms with Crippen molar-refractivity contribution in [3.05, 3.63) is 41.2 Å². The first-order valence-corrected chi connectivity index (χ1v) is 6.36. The lowest BCUT2D eigenvalue weighted by Crippen LogP contribution is -2.27. The van der Waals surface area contributed by atoms with Crippen LogP contribution in [0.1, 0.15) is 29.8 Å². The summed E-state index contributed by atoms with van der Waals surface area (Å²) in [6.07, 6.45) is 0.867. The Morgan fingerprint density at radius 2 is 2.32 bits per heavy atom. The van der Waals surface area contributed by atoms with Gasteiger partial charge in [-0.15, -0.1) is 5.10 Å². The van der Waals surface area contributed by atoms with Crippen LogP contribution in [0, 0.1) is 17.2 Å². The van der Waals surface area contributed by atoms with Gasteiger partial charge in [0, 0.05) is 12.3 Å². The minimum atomic E-state index is 0.341. The molecular weight excluding hydrogens is 238 g/mol. The highest BCUT2D eigenvalue weighted by atomic mass is 15.4. The van der Waals surface area contributed by atoms with E-state index in [4.69, 9.17) is 11.0 Å². The molecule has 96 valence electrons. The van der Waals surface area contributed by atoms with Crippen LogP contribution < -0.4 is 5.73 Å². The number of hydrogen-bond donors (Lipinski definition) is 1. The second kappa shape index (κ2) is 4.39. The van der Waals surface area contributed by atoms with Gasteiger partial charge in [0.2, 0.25) is 5.95 Å². The van der Waals surface area contributed by atoms with E-state index in [9.17, 15) is 0 Å². The maximum absolute atomic E-state index is 8.99. The molecule has 0 saturated carbocycles. The van der Waals surface area contributed by atoms with Crippen LogP contribution in [-0.4, -0.2) is 14.8 Å². The SMILES string of the molecule is CC1Cc2nc(N)nn2CC1c1cccc(C#N)c1. The molecule has 0 saturated heterocycles. The number of rotatable bonds is 1. The molecule has 0 fully saturated rings. The molecule has 3 rings (SSSR count). The molecule has 1 aliphatic heterocycles. The molecule has 0 spiro atoms. The fourth-order valence-electron chi connectivity index (χ4n) is 2.76. The van der Waals surface area contributed by atoms with Gasteiger partial charge in [0.05, 0.1) is 18.2 Å². The molecule has 2 N–H and O–H groups in total. The van der Waals surface area contributed by atoms with Gasteiger partial charge in [-0.2, -0.15) is 10.2 Å². The van der Waals surface area contributed by atoms with Gasteiger partial charge >= 0.3 is 0 Å². The minimum absolute atomic E-state index is 0.341. The van der Waals surface area contributed by atoms with Crippen LogP contribution in [-0.2, 0) is 13.0 Å². The topological polar surface area (TPSA) is 80.5 Å². The van der Waals surface area contributed by atoms with E-state index in [-0.39, 0.29) is 0 Å². The molecule has 0 aliphatic carbocycles. The Balaban J connectivity index is 1.95. The molecular formula is C14H15N5. The van der Waals surface area contributed by atoms with E-state index in [1.54, 1.807) is 0 Å². The first-order valence-electron chi connectivity index (χ1n) is 6.36. The summed E-state index contributed by atoms with van der Waals surface area (Å²) >= 11 is 0. The van der Waals surface area contributed by atoms with Gasteiger partial charge in [-0.05, 0) is 23.6 Å². The Bertz CT molecular complexity index is 652. The third-order valence-corrected chi connectivity index (χ3v) is 3.77. The minimum Gasteiger partial charge on any atom is -0.366 e. The van der Waals surface area contributed by atoms with E-state index in [0.29, 0.717) is 23.3 Å². The monoisotopic (exact) mass is 253 g/mol. The molecule has 5 heteroatoms. The zero-order valence-electron chi connectivity index (χ0n) is 10.7. The number of nitrogen functional groups attached to an aromatic ring is 1. The lowest BCUT2D eigenvalue weighted by molar-refractivity contribution is 0.330. The van der Waals surface area contributed by atoms with Crippen LogP contribution in [0.2, 0.25) is 0 Å². The number of hydrogen-bond acceptors (Lipinski definition) is 4. The van der Waals surface area contributed by atoms with Gasteiger partial charge in [-0.3, -0.25) is 0 Å². The maximum Gasteiger partial charge on any atom is 0.239 e. The lowest BCUT2D eigenvalue weighted by Gasteiger charge is -2.29. The number of nitriles is 1. The van der Waals surface area contributed by atoms with Crippen LogP contribution in [0.15, 0.2) is 24.3 Å². The molecule has 0 amide bonds. The van der Waals surface area contributed by atoms with E-state index in [2.05, 4.69) is 29.1 Å². The molecule has 2 aromatic rings. The molecule has 2 heterocycles. The Morgan fingerprint density at radius 3 is 3.11 bits per heavy atom. The summed E-state index contributed by atoms with van der Waals surface area (Å²) in [6.45, 7) is 2.98. The van der Waals surface area contributed by atoms with Crippen molar-refractivity contribution in [1.82, 2.24) is 14.8 Å². The standard InChI is InChI=1S/C14H15N5/c1-9-5-13-17-14(16)18-19(13)8-12(9)11-4-2-3-10(6-11)7-15/h2-4,6,9,12H,5,8H2,1H3,(H2,16,18). The van der Waals surface area contributed by atoms with Crippen molar-refractivity contribution in [3.8, 4) is 6.07 Å². The van der Waals surface area contributed by atoms with Crippen LogP contribution in [0.3, 0.4) is 0 Å². The molecule has 1 aliphatic rings. The third kappa shape index (κ3) is 2.06. The fourth-order valence-corrected chi connectivity index (χ4v) is 2.76. The van der Waals surface area contributed by atoms with Crippen molar-refractivity contribution in [2.75, 3.05) is 5.73 Å². The molecule has 0 bridgehead atoms. The average molecular weight is 253 g/mol. The smallest absolute Gasteiger partial charge is 0.239 e. The zero-order valence-corrected chi connectivity index (χ0v) is 10.7. The Kier molecular flexibility index (Phi) is 2.71. The molecule has 1 aromatic heterocycles. The lowest BCUT2D eigenvalue weighted by atomic mass is 9.82. The van der Waals surface area contributed by atoms with Gasteiger partial charge in [0.25, 0.3) is 0 Å². The Hall–Kier alpha value is -2.35. The summed E-state index contributed by atoms with van der Waals surface area (Å²) in [5, 5.41) is 13.2. The second-order valence-corrected chi connectivity index (χ2v) is 5.09. The predicted octanol–water partition coefficient (Wildman–Crippen LogP) is 1.71. The highest BCUT2D eigenvalue weighted by Gasteiger charge is 2.28. The van der Waals surface area contributed by atoms with Crippen LogP contribution in [0.5, 0.6) is 0 Å². The number of aromatic nitrogens is 3. The molecule has 1 aromatic carbocycles. The van der Waals surface area contributed by atoms with Gasteiger partial charge in [0.1, 0.15) is 5.82 Å². The van der Waals surface area contributed by atoms with Crippen molar-refractivity contribution in [1.29, 1.82) is 5.26 Å². The summed E-state index contributed by atoms with van der Waals surface area (Å²) in [5.41, 5.74) is 7.54. The second-order valence-electron chi connectivity index (χ2n) is 5.09. The van der Waals surface area contributed by atoms with Crippen LogP contribution >= 0.6 is 0 Å². The average Bonchev–Trinajstić information content (AvgIpc) is 2.77. The molecule has 5 nitrogen and oxygen atoms in total. The summed E-state index contributed by atoms with van der Waals surface area (Å²) in [6, 6.07) is 10.00. The van der Waals surface area contributed by atoms with Gasteiger partial charge in [-0.1, -0.05) is 19.1 Å². The predicted molar refractivity (Wildman–Crippen MR) is 71.2 cm³/mol. The number of fused-ring (bicyclic) bond motifs is 1. The van der Waals surface area contributed by atoms with Crippen molar-refractivity contribution < 1.29 is 0 Å². The quantitative estimate of drug-likeness (QED) is 0.838. The maximum atomic E-state index is 8.99. The Morgan fingerprint density at radius 1 is 1.47 bits per heavy atom. The number of anilines is 1. The summed E-state index contributed by atoms with van der Waals surface area (Å²) in [7, 11) is 0. The molecule has 2 atom stereocenters. The van der Waals surface area contributed by atoms with E-state index >= 15 is 0 Å². The van der Waals surface area contributed by atoms with Gasteiger partial charge < -0.3 is 5.73 Å². The highest BCUT2D eigenvalue weighted by molar-refractivity contribution is 5.35. The van der Waals surface area contributed by atoms with Crippen molar-refractivity contribution >= 4 is 5.95 Å². The van der Waals surface area contributed by atoms with E-state index in [1.807, 2.05) is 22.9 Å². The number of nitrogens with two attached hydrogens (primary N) is 1. The Labute approximate surface area is 111 Å². The first kappa shape index (κ1) is 11.7.